The predicted octanol–water partition coefficient (Wildman–Crippen LogP) is 1.21. The molecule has 1 aliphatic heterocycles. The van der Waals surface area contributed by atoms with Gasteiger partial charge in [0, 0.05) is 16.7 Å². The van der Waals surface area contributed by atoms with Crippen molar-refractivity contribution in [1.82, 2.24) is 5.32 Å². The number of hydrogen-bond donors (Lipinski definition) is 1. The highest BCUT2D eigenvalue weighted by Crippen LogP contribution is 2.30. The van der Waals surface area contributed by atoms with Gasteiger partial charge < -0.3 is 5.32 Å². The minimum atomic E-state index is -0.965. The van der Waals surface area contributed by atoms with Crippen molar-refractivity contribution in [3.8, 4) is 0 Å². The number of nitrogens with one attached hydrogen (secondary N) is 1. The normalized spacial score (nSPS) is 26.0. The van der Waals surface area contributed by atoms with Crippen molar-refractivity contribution in [3.05, 3.63) is 29.6 Å². The lowest BCUT2D eigenvalue weighted by Crippen LogP contribution is -2.16. The van der Waals surface area contributed by atoms with Gasteiger partial charge in [-0.25, -0.2) is 4.39 Å². The largest absolute Gasteiger partial charge is 0.312 e. The van der Waals surface area contributed by atoms with Gasteiger partial charge >= 0.3 is 0 Å². The van der Waals surface area contributed by atoms with E-state index in [4.69, 9.17) is 0 Å². The zero-order chi connectivity index (χ0) is 9.42. The van der Waals surface area contributed by atoms with E-state index < -0.39 is 10.8 Å². The van der Waals surface area contributed by atoms with Crippen molar-refractivity contribution in [2.45, 2.75) is 10.9 Å². The number of halogens is 1. The molecule has 2 rings (SSSR count). The second-order valence-electron chi connectivity index (χ2n) is 3.04. The Morgan fingerprint density at radius 1 is 1.62 bits per heavy atom. The Balaban J connectivity index is 2.52. The second-order valence-corrected chi connectivity index (χ2v) is 4.50. The molecule has 1 aromatic carbocycles. The predicted molar refractivity (Wildman–Crippen MR) is 49.5 cm³/mol. The van der Waals surface area contributed by atoms with Crippen molar-refractivity contribution in [3.63, 3.8) is 0 Å². The first-order valence-corrected chi connectivity index (χ1v) is 5.39. The van der Waals surface area contributed by atoms with Crippen molar-refractivity contribution in [2.24, 2.45) is 0 Å². The lowest BCUT2D eigenvalue weighted by Gasteiger charge is -2.07. The topological polar surface area (TPSA) is 29.1 Å². The van der Waals surface area contributed by atoms with Crippen LogP contribution in [0.2, 0.25) is 0 Å². The van der Waals surface area contributed by atoms with Crippen LogP contribution in [0, 0.1) is 5.82 Å². The summed E-state index contributed by atoms with van der Waals surface area (Å²) in [5.41, 5.74) is 0.834. The van der Waals surface area contributed by atoms with Crippen LogP contribution in [0.25, 0.3) is 0 Å². The maximum Gasteiger partial charge on any atom is 0.123 e. The summed E-state index contributed by atoms with van der Waals surface area (Å²) in [5, 5.41) is 3.02. The molecule has 1 heterocycles. The molecule has 1 N–H and O–H groups in total. The average Bonchev–Trinajstić information content (AvgIpc) is 2.42. The van der Waals surface area contributed by atoms with Crippen LogP contribution < -0.4 is 5.32 Å². The minimum absolute atomic E-state index is 0.0338. The lowest BCUT2D eigenvalue weighted by molar-refractivity contribution is 0.609. The van der Waals surface area contributed by atoms with Gasteiger partial charge in [0.25, 0.3) is 0 Å². The summed E-state index contributed by atoms with van der Waals surface area (Å²) < 4.78 is 24.4. The van der Waals surface area contributed by atoms with Gasteiger partial charge in [0.2, 0.25) is 0 Å². The molecule has 0 fully saturated rings. The zero-order valence-corrected chi connectivity index (χ0v) is 8.03. The molecule has 0 saturated heterocycles. The molecule has 0 aromatic heterocycles. The quantitative estimate of drug-likeness (QED) is 0.736. The van der Waals surface area contributed by atoms with E-state index in [2.05, 4.69) is 5.32 Å². The average molecular weight is 199 g/mol. The summed E-state index contributed by atoms with van der Waals surface area (Å²) in [4.78, 5) is 0.765. The first kappa shape index (κ1) is 8.84. The molecule has 0 bridgehead atoms. The van der Waals surface area contributed by atoms with E-state index in [0.29, 0.717) is 5.75 Å². The molecule has 0 saturated carbocycles. The number of benzene rings is 1. The van der Waals surface area contributed by atoms with Crippen molar-refractivity contribution in [1.29, 1.82) is 0 Å². The molecule has 2 unspecified atom stereocenters. The van der Waals surface area contributed by atoms with Crippen molar-refractivity contribution < 1.29 is 8.60 Å². The lowest BCUT2D eigenvalue weighted by atomic mass is 10.1. The fraction of sp³-hybridized carbons (Fsp3) is 0.333. The highest BCUT2D eigenvalue weighted by molar-refractivity contribution is 7.85. The van der Waals surface area contributed by atoms with Crippen LogP contribution in [0.15, 0.2) is 23.1 Å². The number of fused-ring (bicyclic) bond motifs is 1. The molecular weight excluding hydrogens is 189 g/mol. The van der Waals surface area contributed by atoms with Crippen molar-refractivity contribution >= 4 is 10.8 Å². The molecular formula is C9H10FNOS. The van der Waals surface area contributed by atoms with Gasteiger partial charge in [0.1, 0.15) is 5.82 Å². The van der Waals surface area contributed by atoms with Crippen LogP contribution in [0.4, 0.5) is 4.39 Å². The highest BCUT2D eigenvalue weighted by atomic mass is 32.2. The van der Waals surface area contributed by atoms with E-state index in [1.807, 2.05) is 0 Å². The van der Waals surface area contributed by atoms with Crippen LogP contribution in [0.5, 0.6) is 0 Å². The Labute approximate surface area is 78.6 Å². The van der Waals surface area contributed by atoms with Crippen LogP contribution in [-0.4, -0.2) is 17.0 Å². The molecule has 1 aromatic rings. The first-order valence-electron chi connectivity index (χ1n) is 4.07. The summed E-state index contributed by atoms with van der Waals surface area (Å²) in [5.74, 6) is 0.285. The van der Waals surface area contributed by atoms with Crippen LogP contribution in [-0.2, 0) is 10.8 Å². The molecule has 13 heavy (non-hydrogen) atoms. The molecule has 4 heteroatoms. The second kappa shape index (κ2) is 3.20. The maximum absolute atomic E-state index is 12.9. The van der Waals surface area contributed by atoms with Crippen molar-refractivity contribution in [2.75, 3.05) is 12.8 Å². The third-order valence-electron chi connectivity index (χ3n) is 2.26. The summed E-state index contributed by atoms with van der Waals surface area (Å²) in [7, 11) is 0.828. The molecule has 0 spiro atoms. The van der Waals surface area contributed by atoms with Crippen LogP contribution >= 0.6 is 0 Å². The molecule has 2 nitrogen and oxygen atoms in total. The van der Waals surface area contributed by atoms with Gasteiger partial charge in [0.05, 0.1) is 10.8 Å². The maximum atomic E-state index is 12.9. The van der Waals surface area contributed by atoms with Gasteiger partial charge in [-0.1, -0.05) is 0 Å². The fourth-order valence-electron chi connectivity index (χ4n) is 1.57. The highest BCUT2D eigenvalue weighted by Gasteiger charge is 2.27. The molecule has 0 radical (unpaired) electrons. The molecule has 0 amide bonds. The smallest absolute Gasteiger partial charge is 0.123 e. The molecule has 70 valence electrons. The minimum Gasteiger partial charge on any atom is -0.312 e. The summed E-state index contributed by atoms with van der Waals surface area (Å²) in [6.45, 7) is 0. The van der Waals surface area contributed by atoms with Crippen LogP contribution in [0.1, 0.15) is 11.6 Å². The summed E-state index contributed by atoms with van der Waals surface area (Å²) in [6.07, 6.45) is 0. The monoisotopic (exact) mass is 199 g/mol. The van der Waals surface area contributed by atoms with Gasteiger partial charge in [-0.05, 0) is 30.8 Å². The Kier molecular flexibility index (Phi) is 2.17. The third-order valence-corrected chi connectivity index (χ3v) is 3.76. The SMILES string of the molecule is CNC1CS(=O)c2ccc(F)cc21. The Hall–Kier alpha value is -0.740. The van der Waals surface area contributed by atoms with E-state index >= 15 is 0 Å². The Bertz CT molecular complexity index is 367. The zero-order valence-electron chi connectivity index (χ0n) is 7.21. The third kappa shape index (κ3) is 1.40. The first-order chi connectivity index (χ1) is 6.22. The van der Waals surface area contributed by atoms with E-state index in [-0.39, 0.29) is 11.9 Å². The summed E-state index contributed by atoms with van der Waals surface area (Å²) >= 11 is 0. The van der Waals surface area contributed by atoms with Crippen LogP contribution in [0.3, 0.4) is 0 Å². The summed E-state index contributed by atoms with van der Waals surface area (Å²) in [6, 6.07) is 4.46. The van der Waals surface area contributed by atoms with E-state index in [1.54, 1.807) is 13.1 Å². The van der Waals surface area contributed by atoms with E-state index in [9.17, 15) is 8.60 Å². The Morgan fingerprint density at radius 2 is 2.38 bits per heavy atom. The van der Waals surface area contributed by atoms with Gasteiger partial charge in [0.15, 0.2) is 0 Å². The fourth-order valence-corrected chi connectivity index (χ4v) is 3.08. The number of rotatable bonds is 1. The standard InChI is InChI=1S/C9H10FNOS/c1-11-8-5-13(12)9-3-2-6(10)4-7(8)9/h2-4,8,11H,5H2,1H3. The van der Waals surface area contributed by atoms with Gasteiger partial charge in [-0.15, -0.1) is 0 Å². The van der Waals surface area contributed by atoms with E-state index in [1.165, 1.54) is 12.1 Å². The number of hydrogen-bond acceptors (Lipinski definition) is 2. The molecule has 0 aliphatic carbocycles. The van der Waals surface area contributed by atoms with E-state index in [0.717, 1.165) is 10.5 Å². The molecule has 1 aliphatic rings. The van der Waals surface area contributed by atoms with Gasteiger partial charge in [-0.3, -0.25) is 4.21 Å². The van der Waals surface area contributed by atoms with Gasteiger partial charge in [-0.2, -0.15) is 0 Å². The molecule has 2 atom stereocenters. The Morgan fingerprint density at radius 3 is 3.08 bits per heavy atom.